The highest BCUT2D eigenvalue weighted by atomic mass is 16.1. The SMILES string of the molecule is CCNCc1ncccc1C(=O)C(C)(C)C. The molecular formula is C13H20N2O. The summed E-state index contributed by atoms with van der Waals surface area (Å²) in [5, 5.41) is 3.20. The van der Waals surface area contributed by atoms with Crippen LogP contribution in [0.4, 0.5) is 0 Å². The molecule has 3 nitrogen and oxygen atoms in total. The molecule has 1 rings (SSSR count). The average molecular weight is 220 g/mol. The van der Waals surface area contributed by atoms with Crippen LogP contribution in [-0.4, -0.2) is 17.3 Å². The summed E-state index contributed by atoms with van der Waals surface area (Å²) >= 11 is 0. The van der Waals surface area contributed by atoms with Crippen LogP contribution >= 0.6 is 0 Å². The summed E-state index contributed by atoms with van der Waals surface area (Å²) < 4.78 is 0. The lowest BCUT2D eigenvalue weighted by Gasteiger charge is -2.18. The van der Waals surface area contributed by atoms with Gasteiger partial charge in [-0.25, -0.2) is 0 Å². The van der Waals surface area contributed by atoms with Crippen LogP contribution in [0, 0.1) is 5.41 Å². The van der Waals surface area contributed by atoms with Gasteiger partial charge in [-0.15, -0.1) is 0 Å². The molecule has 0 fully saturated rings. The minimum atomic E-state index is -0.357. The van der Waals surface area contributed by atoms with E-state index in [-0.39, 0.29) is 11.2 Å². The molecule has 0 atom stereocenters. The molecule has 0 amide bonds. The van der Waals surface area contributed by atoms with E-state index in [1.54, 1.807) is 6.20 Å². The average Bonchev–Trinajstić information content (AvgIpc) is 2.24. The minimum Gasteiger partial charge on any atom is -0.311 e. The normalized spacial score (nSPS) is 11.5. The van der Waals surface area contributed by atoms with Gasteiger partial charge in [0.15, 0.2) is 5.78 Å². The highest BCUT2D eigenvalue weighted by Gasteiger charge is 2.25. The maximum absolute atomic E-state index is 12.2. The zero-order chi connectivity index (χ0) is 12.2. The van der Waals surface area contributed by atoms with E-state index in [1.165, 1.54) is 0 Å². The molecule has 0 unspecified atom stereocenters. The third-order valence-corrected chi connectivity index (χ3v) is 2.36. The molecule has 1 aromatic rings. The van der Waals surface area contributed by atoms with Gasteiger partial charge in [0.1, 0.15) is 0 Å². The van der Waals surface area contributed by atoms with E-state index in [2.05, 4.69) is 10.3 Å². The number of rotatable bonds is 4. The van der Waals surface area contributed by atoms with Crippen LogP contribution in [0.25, 0.3) is 0 Å². The number of carbonyl (C=O) groups excluding carboxylic acids is 1. The van der Waals surface area contributed by atoms with Crippen LogP contribution in [0.15, 0.2) is 18.3 Å². The Morgan fingerprint density at radius 2 is 2.12 bits per heavy atom. The second kappa shape index (κ2) is 5.21. The van der Waals surface area contributed by atoms with Gasteiger partial charge in [0.2, 0.25) is 0 Å². The van der Waals surface area contributed by atoms with Crippen molar-refractivity contribution in [3.63, 3.8) is 0 Å². The summed E-state index contributed by atoms with van der Waals surface area (Å²) in [6.07, 6.45) is 1.73. The topological polar surface area (TPSA) is 42.0 Å². The molecule has 1 N–H and O–H groups in total. The van der Waals surface area contributed by atoms with Crippen molar-refractivity contribution in [3.8, 4) is 0 Å². The Hall–Kier alpha value is -1.22. The first-order valence-corrected chi connectivity index (χ1v) is 5.66. The smallest absolute Gasteiger partial charge is 0.170 e. The summed E-state index contributed by atoms with van der Waals surface area (Å²) in [5.41, 5.74) is 1.21. The molecule has 0 saturated heterocycles. The van der Waals surface area contributed by atoms with E-state index < -0.39 is 0 Å². The molecule has 0 spiro atoms. The molecule has 0 bridgehead atoms. The molecule has 1 heterocycles. The Balaban J connectivity index is 2.99. The fourth-order valence-corrected chi connectivity index (χ4v) is 1.43. The number of Topliss-reactive ketones (excluding diaryl/α,β-unsaturated/α-hetero) is 1. The Morgan fingerprint density at radius 3 is 2.69 bits per heavy atom. The third-order valence-electron chi connectivity index (χ3n) is 2.36. The van der Waals surface area contributed by atoms with E-state index in [4.69, 9.17) is 0 Å². The van der Waals surface area contributed by atoms with Gasteiger partial charge in [0, 0.05) is 23.7 Å². The fourth-order valence-electron chi connectivity index (χ4n) is 1.43. The standard InChI is InChI=1S/C13H20N2O/c1-5-14-9-11-10(7-6-8-15-11)12(16)13(2,3)4/h6-8,14H,5,9H2,1-4H3. The van der Waals surface area contributed by atoms with E-state index >= 15 is 0 Å². The van der Waals surface area contributed by atoms with Crippen LogP contribution in [0.2, 0.25) is 0 Å². The molecule has 0 aliphatic heterocycles. The summed E-state index contributed by atoms with van der Waals surface area (Å²) in [7, 11) is 0. The predicted octanol–water partition coefficient (Wildman–Crippen LogP) is 2.42. The second-order valence-electron chi connectivity index (χ2n) is 4.86. The summed E-state index contributed by atoms with van der Waals surface area (Å²) in [5.74, 6) is 0.147. The van der Waals surface area contributed by atoms with Gasteiger partial charge >= 0.3 is 0 Å². The molecule has 88 valence electrons. The van der Waals surface area contributed by atoms with Crippen molar-refractivity contribution in [2.24, 2.45) is 5.41 Å². The fraction of sp³-hybridized carbons (Fsp3) is 0.538. The van der Waals surface area contributed by atoms with E-state index in [1.807, 2.05) is 39.8 Å². The molecule has 0 radical (unpaired) electrons. The number of pyridine rings is 1. The number of nitrogens with zero attached hydrogens (tertiary/aromatic N) is 1. The maximum Gasteiger partial charge on any atom is 0.170 e. The molecule has 16 heavy (non-hydrogen) atoms. The van der Waals surface area contributed by atoms with Crippen LogP contribution < -0.4 is 5.32 Å². The second-order valence-corrected chi connectivity index (χ2v) is 4.86. The lowest BCUT2D eigenvalue weighted by molar-refractivity contribution is 0.0856. The zero-order valence-corrected chi connectivity index (χ0v) is 10.5. The number of hydrogen-bond acceptors (Lipinski definition) is 3. The Bertz CT molecular complexity index is 366. The largest absolute Gasteiger partial charge is 0.311 e. The maximum atomic E-state index is 12.2. The van der Waals surface area contributed by atoms with Gasteiger partial charge in [-0.3, -0.25) is 9.78 Å². The van der Waals surface area contributed by atoms with Crippen LogP contribution in [0.1, 0.15) is 43.7 Å². The molecule has 3 heteroatoms. The Labute approximate surface area is 97.3 Å². The number of carbonyl (C=O) groups is 1. The van der Waals surface area contributed by atoms with Crippen molar-refractivity contribution in [1.29, 1.82) is 0 Å². The van der Waals surface area contributed by atoms with E-state index in [0.717, 1.165) is 17.8 Å². The Morgan fingerprint density at radius 1 is 1.44 bits per heavy atom. The molecule has 0 aliphatic rings. The number of hydrogen-bond donors (Lipinski definition) is 1. The number of nitrogens with one attached hydrogen (secondary N) is 1. The lowest BCUT2D eigenvalue weighted by Crippen LogP contribution is -2.24. The molecular weight excluding hydrogens is 200 g/mol. The monoisotopic (exact) mass is 220 g/mol. The zero-order valence-electron chi connectivity index (χ0n) is 10.5. The van der Waals surface area contributed by atoms with Crippen molar-refractivity contribution in [2.75, 3.05) is 6.54 Å². The van der Waals surface area contributed by atoms with Gasteiger partial charge in [-0.1, -0.05) is 27.7 Å². The van der Waals surface area contributed by atoms with Crippen molar-refractivity contribution in [2.45, 2.75) is 34.2 Å². The molecule has 0 aromatic carbocycles. The quantitative estimate of drug-likeness (QED) is 0.792. The van der Waals surface area contributed by atoms with Crippen LogP contribution in [-0.2, 0) is 6.54 Å². The molecule has 0 saturated carbocycles. The van der Waals surface area contributed by atoms with Crippen molar-refractivity contribution < 1.29 is 4.79 Å². The van der Waals surface area contributed by atoms with E-state index in [9.17, 15) is 4.79 Å². The highest BCUT2D eigenvalue weighted by molar-refractivity contribution is 6.00. The van der Waals surface area contributed by atoms with Gasteiger partial charge < -0.3 is 5.32 Å². The van der Waals surface area contributed by atoms with Gasteiger partial charge in [-0.05, 0) is 18.7 Å². The third kappa shape index (κ3) is 3.14. The predicted molar refractivity (Wildman–Crippen MR) is 65.4 cm³/mol. The van der Waals surface area contributed by atoms with Crippen molar-refractivity contribution in [1.82, 2.24) is 10.3 Å². The van der Waals surface area contributed by atoms with Gasteiger partial charge in [0.05, 0.1) is 5.69 Å². The van der Waals surface area contributed by atoms with E-state index in [0.29, 0.717) is 6.54 Å². The number of aromatic nitrogens is 1. The summed E-state index contributed by atoms with van der Waals surface area (Å²) in [6, 6.07) is 3.67. The Kier molecular flexibility index (Phi) is 4.19. The first-order valence-electron chi connectivity index (χ1n) is 5.66. The van der Waals surface area contributed by atoms with Crippen molar-refractivity contribution in [3.05, 3.63) is 29.6 Å². The van der Waals surface area contributed by atoms with Gasteiger partial charge in [0.25, 0.3) is 0 Å². The van der Waals surface area contributed by atoms with Crippen LogP contribution in [0.3, 0.4) is 0 Å². The molecule has 0 aliphatic carbocycles. The molecule has 1 aromatic heterocycles. The number of ketones is 1. The van der Waals surface area contributed by atoms with Crippen molar-refractivity contribution >= 4 is 5.78 Å². The summed E-state index contributed by atoms with van der Waals surface area (Å²) in [6.45, 7) is 9.35. The van der Waals surface area contributed by atoms with Crippen LogP contribution in [0.5, 0.6) is 0 Å². The summed E-state index contributed by atoms with van der Waals surface area (Å²) in [4.78, 5) is 16.4. The first-order chi connectivity index (χ1) is 7.46. The lowest BCUT2D eigenvalue weighted by atomic mass is 9.86. The minimum absolute atomic E-state index is 0.147. The highest BCUT2D eigenvalue weighted by Crippen LogP contribution is 2.22. The first kappa shape index (κ1) is 12.8. The van der Waals surface area contributed by atoms with Gasteiger partial charge in [-0.2, -0.15) is 0 Å².